The average Bonchev–Trinajstić information content (AvgIpc) is 2.66. The Bertz CT molecular complexity index is 304. The van der Waals surface area contributed by atoms with E-state index in [2.05, 4.69) is 10.2 Å². The van der Waals surface area contributed by atoms with Gasteiger partial charge < -0.3 is 14.1 Å². The molecule has 0 fully saturated rings. The number of ether oxygens (including phenoxy) is 1. The summed E-state index contributed by atoms with van der Waals surface area (Å²) in [6.07, 6.45) is 0.841. The minimum absolute atomic E-state index is 0.239. The summed E-state index contributed by atoms with van der Waals surface area (Å²) in [5, 5.41) is 7.81. The minimum Gasteiger partial charge on any atom is -0.408 e. The fraction of sp³-hybridized carbons (Fsp3) is 0.800. The van der Waals surface area contributed by atoms with Crippen LogP contribution in [0.4, 0.5) is 6.01 Å². The molecule has 0 amide bonds. The van der Waals surface area contributed by atoms with Gasteiger partial charge in [-0.15, -0.1) is 16.7 Å². The fourth-order valence-corrected chi connectivity index (χ4v) is 1.26. The molecule has 0 aliphatic carbocycles. The molecule has 0 spiro atoms. The first-order chi connectivity index (χ1) is 7.63. The molecule has 0 aliphatic rings. The van der Waals surface area contributed by atoms with Gasteiger partial charge in [0.25, 0.3) is 0 Å². The van der Waals surface area contributed by atoms with Gasteiger partial charge in [0.2, 0.25) is 5.89 Å². The summed E-state index contributed by atoms with van der Waals surface area (Å²) >= 11 is 5.58. The van der Waals surface area contributed by atoms with Gasteiger partial charge in [-0.25, -0.2) is 0 Å². The van der Waals surface area contributed by atoms with Gasteiger partial charge in [0.05, 0.1) is 12.7 Å². The van der Waals surface area contributed by atoms with Crippen molar-refractivity contribution in [3.8, 4) is 0 Å². The molecule has 0 unspecified atom stereocenters. The summed E-state index contributed by atoms with van der Waals surface area (Å²) in [5.74, 6) is 1.06. The predicted octanol–water partition coefficient (Wildman–Crippen LogP) is 1.71. The lowest BCUT2D eigenvalue weighted by molar-refractivity contribution is 0.0841. The van der Waals surface area contributed by atoms with Gasteiger partial charge in [-0.05, 0) is 13.8 Å². The molecular weight excluding hydrogens is 230 g/mol. The number of aromatic nitrogens is 2. The number of halogens is 1. The van der Waals surface area contributed by atoms with Crippen molar-refractivity contribution in [2.75, 3.05) is 31.0 Å². The van der Waals surface area contributed by atoms with Crippen LogP contribution in [0.5, 0.6) is 0 Å². The third-order valence-corrected chi connectivity index (χ3v) is 2.16. The van der Waals surface area contributed by atoms with Crippen LogP contribution in [-0.4, -0.2) is 42.4 Å². The quantitative estimate of drug-likeness (QED) is 0.687. The molecule has 16 heavy (non-hydrogen) atoms. The molecule has 0 saturated carbocycles. The lowest BCUT2D eigenvalue weighted by atomic mass is 10.5. The van der Waals surface area contributed by atoms with Gasteiger partial charge in [-0.2, -0.15) is 0 Å². The molecule has 1 aromatic rings. The molecule has 0 aromatic carbocycles. The van der Waals surface area contributed by atoms with E-state index in [4.69, 9.17) is 20.8 Å². The van der Waals surface area contributed by atoms with Crippen LogP contribution in [0.2, 0.25) is 0 Å². The van der Waals surface area contributed by atoms with Crippen LogP contribution in [-0.2, 0) is 11.2 Å². The highest BCUT2D eigenvalue weighted by molar-refractivity contribution is 6.17. The van der Waals surface area contributed by atoms with E-state index in [0.29, 0.717) is 30.8 Å². The monoisotopic (exact) mass is 247 g/mol. The van der Waals surface area contributed by atoms with E-state index in [1.165, 1.54) is 0 Å². The second kappa shape index (κ2) is 6.70. The van der Waals surface area contributed by atoms with Gasteiger partial charge in [0, 0.05) is 25.9 Å². The Morgan fingerprint density at radius 3 is 2.81 bits per heavy atom. The van der Waals surface area contributed by atoms with E-state index in [1.807, 2.05) is 25.8 Å². The third-order valence-electron chi connectivity index (χ3n) is 1.97. The van der Waals surface area contributed by atoms with Crippen molar-refractivity contribution < 1.29 is 9.15 Å². The Balaban J connectivity index is 2.36. The maximum absolute atomic E-state index is 5.58. The lowest BCUT2D eigenvalue weighted by Gasteiger charge is -2.14. The first-order valence-electron chi connectivity index (χ1n) is 5.34. The molecule has 0 saturated heterocycles. The zero-order valence-corrected chi connectivity index (χ0v) is 10.7. The summed E-state index contributed by atoms with van der Waals surface area (Å²) in [6, 6.07) is 0.507. The number of alkyl halides is 1. The highest BCUT2D eigenvalue weighted by Gasteiger charge is 2.10. The first kappa shape index (κ1) is 13.3. The van der Waals surface area contributed by atoms with E-state index < -0.39 is 0 Å². The zero-order chi connectivity index (χ0) is 12.0. The van der Waals surface area contributed by atoms with Gasteiger partial charge in [-0.1, -0.05) is 5.10 Å². The standard InChI is InChI=1S/C10H18ClN3O2/c1-8(2)15-7-6-14(3)10-13-12-9(16-10)4-5-11/h8H,4-7H2,1-3H3. The van der Waals surface area contributed by atoms with Gasteiger partial charge in [0.15, 0.2) is 0 Å². The predicted molar refractivity (Wildman–Crippen MR) is 63.1 cm³/mol. The van der Waals surface area contributed by atoms with Crippen molar-refractivity contribution in [2.45, 2.75) is 26.4 Å². The van der Waals surface area contributed by atoms with Gasteiger partial charge in [0.1, 0.15) is 0 Å². The molecule has 0 atom stereocenters. The molecule has 1 rings (SSSR count). The summed E-state index contributed by atoms with van der Waals surface area (Å²) in [4.78, 5) is 1.87. The van der Waals surface area contributed by atoms with Crippen molar-refractivity contribution in [1.29, 1.82) is 0 Å². The van der Waals surface area contributed by atoms with Crippen LogP contribution in [0.15, 0.2) is 4.42 Å². The van der Waals surface area contributed by atoms with Crippen LogP contribution >= 0.6 is 11.6 Å². The summed E-state index contributed by atoms with van der Waals surface area (Å²) in [7, 11) is 1.89. The number of aryl methyl sites for hydroxylation is 1. The van der Waals surface area contributed by atoms with E-state index in [-0.39, 0.29) is 6.10 Å². The maximum Gasteiger partial charge on any atom is 0.317 e. The van der Waals surface area contributed by atoms with Crippen molar-refractivity contribution in [1.82, 2.24) is 10.2 Å². The summed E-state index contributed by atoms with van der Waals surface area (Å²) in [5.41, 5.74) is 0. The summed E-state index contributed by atoms with van der Waals surface area (Å²) < 4.78 is 10.8. The largest absolute Gasteiger partial charge is 0.408 e. The number of hydrogen-bond donors (Lipinski definition) is 0. The van der Waals surface area contributed by atoms with Crippen LogP contribution in [0, 0.1) is 0 Å². The Morgan fingerprint density at radius 1 is 1.44 bits per heavy atom. The Hall–Kier alpha value is -0.810. The van der Waals surface area contributed by atoms with E-state index >= 15 is 0 Å². The molecule has 6 heteroatoms. The topological polar surface area (TPSA) is 51.4 Å². The SMILES string of the molecule is CC(C)OCCN(C)c1nnc(CCCl)o1. The molecular formula is C10H18ClN3O2. The van der Waals surface area contributed by atoms with Crippen LogP contribution in [0.3, 0.4) is 0 Å². The molecule has 1 aromatic heterocycles. The Morgan fingerprint density at radius 2 is 2.19 bits per heavy atom. The fourth-order valence-electron chi connectivity index (χ4n) is 1.10. The Kier molecular flexibility index (Phi) is 5.55. The molecule has 5 nitrogen and oxygen atoms in total. The lowest BCUT2D eigenvalue weighted by Crippen LogP contribution is -2.24. The van der Waals surface area contributed by atoms with Crippen LogP contribution in [0.1, 0.15) is 19.7 Å². The third kappa shape index (κ3) is 4.37. The van der Waals surface area contributed by atoms with Crippen LogP contribution in [0.25, 0.3) is 0 Å². The normalized spacial score (nSPS) is 11.1. The van der Waals surface area contributed by atoms with E-state index in [1.54, 1.807) is 0 Å². The Labute approximate surface area is 101 Å². The average molecular weight is 248 g/mol. The van der Waals surface area contributed by atoms with Crippen molar-refractivity contribution in [2.24, 2.45) is 0 Å². The molecule has 0 bridgehead atoms. The second-order valence-corrected chi connectivity index (χ2v) is 4.14. The smallest absolute Gasteiger partial charge is 0.317 e. The molecule has 92 valence electrons. The van der Waals surface area contributed by atoms with Crippen LogP contribution < -0.4 is 4.90 Å². The maximum atomic E-state index is 5.58. The van der Waals surface area contributed by atoms with Crippen molar-refractivity contribution >= 4 is 17.6 Å². The first-order valence-corrected chi connectivity index (χ1v) is 5.88. The van der Waals surface area contributed by atoms with E-state index in [9.17, 15) is 0 Å². The molecule has 0 aliphatic heterocycles. The highest BCUT2D eigenvalue weighted by Crippen LogP contribution is 2.10. The number of rotatable bonds is 7. The number of hydrogen-bond acceptors (Lipinski definition) is 5. The zero-order valence-electron chi connectivity index (χ0n) is 9.94. The number of nitrogens with zero attached hydrogens (tertiary/aromatic N) is 3. The molecule has 0 radical (unpaired) electrons. The minimum atomic E-state index is 0.239. The van der Waals surface area contributed by atoms with E-state index in [0.717, 1.165) is 6.54 Å². The number of anilines is 1. The summed E-state index contributed by atoms with van der Waals surface area (Å²) in [6.45, 7) is 5.37. The molecule has 0 N–H and O–H groups in total. The molecule has 1 heterocycles. The van der Waals surface area contributed by atoms with Crippen molar-refractivity contribution in [3.05, 3.63) is 5.89 Å². The number of likely N-dealkylation sites (N-methyl/N-ethyl adjacent to an activating group) is 1. The van der Waals surface area contributed by atoms with Crippen molar-refractivity contribution in [3.63, 3.8) is 0 Å². The highest BCUT2D eigenvalue weighted by atomic mass is 35.5. The van der Waals surface area contributed by atoms with Gasteiger partial charge in [-0.3, -0.25) is 0 Å². The van der Waals surface area contributed by atoms with Gasteiger partial charge >= 0.3 is 6.01 Å². The second-order valence-electron chi connectivity index (χ2n) is 3.76.